The molecule has 0 aromatic heterocycles. The van der Waals surface area contributed by atoms with Crippen LogP contribution < -0.4 is 10.6 Å². The lowest BCUT2D eigenvalue weighted by molar-refractivity contribution is 0.195. The number of nitrogens with zero attached hydrogens (tertiary/aromatic N) is 1. The maximum absolute atomic E-state index is 12.9. The first-order chi connectivity index (χ1) is 9.67. The minimum absolute atomic E-state index is 0. The van der Waals surface area contributed by atoms with Gasteiger partial charge in [-0.2, -0.15) is 0 Å². The highest BCUT2D eigenvalue weighted by Crippen LogP contribution is 2.17. The molecule has 0 heterocycles. The second kappa shape index (κ2) is 12.0. The van der Waals surface area contributed by atoms with E-state index in [9.17, 15) is 4.39 Å². The average Bonchev–Trinajstić information content (AvgIpc) is 2.43. The van der Waals surface area contributed by atoms with E-state index in [1.165, 1.54) is 12.1 Å². The standard InChI is InChI=1S/C14H21ClFN3O.HI/c1-17-14(18-7-3-9-20-2)19-8-6-11-4-5-12(16)10-13(11)15;/h4-5,10H,3,6-9H2,1-2H3,(H2,17,18,19);1H. The van der Waals surface area contributed by atoms with Crippen molar-refractivity contribution >= 4 is 41.5 Å². The number of benzene rings is 1. The summed E-state index contributed by atoms with van der Waals surface area (Å²) >= 11 is 5.97. The van der Waals surface area contributed by atoms with E-state index < -0.39 is 0 Å². The first kappa shape index (κ1) is 20.4. The van der Waals surface area contributed by atoms with E-state index in [2.05, 4.69) is 15.6 Å². The smallest absolute Gasteiger partial charge is 0.190 e. The zero-order valence-corrected chi connectivity index (χ0v) is 15.4. The highest BCUT2D eigenvalue weighted by Gasteiger charge is 2.02. The summed E-state index contributed by atoms with van der Waals surface area (Å²) in [4.78, 5) is 4.11. The Morgan fingerprint density at radius 1 is 1.33 bits per heavy atom. The first-order valence-electron chi connectivity index (χ1n) is 6.54. The number of aliphatic imine (C=N–C) groups is 1. The molecule has 21 heavy (non-hydrogen) atoms. The quantitative estimate of drug-likeness (QED) is 0.303. The van der Waals surface area contributed by atoms with Crippen LogP contribution in [0.3, 0.4) is 0 Å². The summed E-state index contributed by atoms with van der Waals surface area (Å²) in [7, 11) is 3.40. The van der Waals surface area contributed by atoms with Crippen molar-refractivity contribution in [3.8, 4) is 0 Å². The Balaban J connectivity index is 0.00000400. The molecule has 0 amide bonds. The highest BCUT2D eigenvalue weighted by atomic mass is 127. The summed E-state index contributed by atoms with van der Waals surface area (Å²) in [5, 5.41) is 6.82. The molecule has 0 aliphatic rings. The molecule has 1 aromatic carbocycles. The zero-order valence-electron chi connectivity index (χ0n) is 12.3. The van der Waals surface area contributed by atoms with E-state index in [-0.39, 0.29) is 29.8 Å². The lowest BCUT2D eigenvalue weighted by atomic mass is 10.1. The van der Waals surface area contributed by atoms with E-state index in [0.717, 1.165) is 31.1 Å². The fourth-order valence-corrected chi connectivity index (χ4v) is 1.95. The molecule has 120 valence electrons. The summed E-state index contributed by atoms with van der Waals surface area (Å²) in [5.41, 5.74) is 0.912. The van der Waals surface area contributed by atoms with Crippen molar-refractivity contribution in [2.45, 2.75) is 12.8 Å². The van der Waals surface area contributed by atoms with Gasteiger partial charge in [0.2, 0.25) is 0 Å². The predicted octanol–water partition coefficient (Wildman–Crippen LogP) is 2.84. The van der Waals surface area contributed by atoms with E-state index in [1.54, 1.807) is 20.2 Å². The minimum Gasteiger partial charge on any atom is -0.385 e. The van der Waals surface area contributed by atoms with Gasteiger partial charge in [0.15, 0.2) is 5.96 Å². The molecule has 0 saturated heterocycles. The number of ether oxygens (including phenoxy) is 1. The van der Waals surface area contributed by atoms with E-state index in [1.807, 2.05) is 0 Å². The molecule has 1 rings (SSSR count). The monoisotopic (exact) mass is 429 g/mol. The molecule has 7 heteroatoms. The first-order valence-corrected chi connectivity index (χ1v) is 6.92. The zero-order chi connectivity index (χ0) is 14.8. The average molecular weight is 430 g/mol. The van der Waals surface area contributed by atoms with E-state index in [4.69, 9.17) is 16.3 Å². The number of guanidine groups is 1. The third-order valence-corrected chi connectivity index (χ3v) is 3.10. The van der Waals surface area contributed by atoms with Gasteiger partial charge in [0.1, 0.15) is 5.82 Å². The molecule has 0 unspecified atom stereocenters. The summed E-state index contributed by atoms with van der Waals surface area (Å²) in [6.07, 6.45) is 1.62. The summed E-state index contributed by atoms with van der Waals surface area (Å²) in [5.74, 6) is 0.418. The van der Waals surface area contributed by atoms with Gasteiger partial charge in [-0.1, -0.05) is 17.7 Å². The van der Waals surface area contributed by atoms with E-state index >= 15 is 0 Å². The van der Waals surface area contributed by atoms with Gasteiger partial charge in [0, 0.05) is 38.9 Å². The normalized spacial score (nSPS) is 11.0. The van der Waals surface area contributed by atoms with Crippen molar-refractivity contribution in [2.24, 2.45) is 4.99 Å². The number of hydrogen-bond donors (Lipinski definition) is 2. The maximum atomic E-state index is 12.9. The molecular formula is C14H22ClFIN3O. The summed E-state index contributed by atoms with van der Waals surface area (Å²) in [6, 6.07) is 4.45. The Bertz CT molecular complexity index is 446. The molecule has 0 saturated carbocycles. The number of methoxy groups -OCH3 is 1. The minimum atomic E-state index is -0.317. The molecule has 0 bridgehead atoms. The topological polar surface area (TPSA) is 45.7 Å². The van der Waals surface area contributed by atoms with Gasteiger partial charge in [0.05, 0.1) is 0 Å². The molecule has 0 aliphatic carbocycles. The van der Waals surface area contributed by atoms with Crippen LogP contribution >= 0.6 is 35.6 Å². The number of hydrogen-bond acceptors (Lipinski definition) is 2. The second-order valence-electron chi connectivity index (χ2n) is 4.26. The van der Waals surface area contributed by atoms with Crippen molar-refractivity contribution in [3.63, 3.8) is 0 Å². The van der Waals surface area contributed by atoms with Gasteiger partial charge in [-0.05, 0) is 30.5 Å². The van der Waals surface area contributed by atoms with Gasteiger partial charge >= 0.3 is 0 Å². The number of halogens is 3. The van der Waals surface area contributed by atoms with Gasteiger partial charge in [-0.15, -0.1) is 24.0 Å². The Morgan fingerprint density at radius 2 is 2.05 bits per heavy atom. The fourth-order valence-electron chi connectivity index (χ4n) is 1.68. The Morgan fingerprint density at radius 3 is 2.67 bits per heavy atom. The predicted molar refractivity (Wildman–Crippen MR) is 96.4 cm³/mol. The van der Waals surface area contributed by atoms with Crippen molar-refractivity contribution in [2.75, 3.05) is 33.9 Å². The van der Waals surface area contributed by atoms with Crippen LogP contribution in [0.2, 0.25) is 5.02 Å². The SMILES string of the molecule is CN=C(NCCCOC)NCCc1ccc(F)cc1Cl.I. The number of nitrogens with one attached hydrogen (secondary N) is 2. The Hall–Kier alpha value is -0.600. The molecule has 1 aromatic rings. The molecule has 0 radical (unpaired) electrons. The Kier molecular flexibility index (Phi) is 11.7. The van der Waals surface area contributed by atoms with Crippen LogP contribution in [0.25, 0.3) is 0 Å². The highest BCUT2D eigenvalue weighted by molar-refractivity contribution is 14.0. The van der Waals surface area contributed by atoms with Crippen LogP contribution in [0.15, 0.2) is 23.2 Å². The fraction of sp³-hybridized carbons (Fsp3) is 0.500. The number of rotatable bonds is 7. The van der Waals surface area contributed by atoms with Crippen LogP contribution in [0, 0.1) is 5.82 Å². The van der Waals surface area contributed by atoms with Gasteiger partial charge in [-0.25, -0.2) is 4.39 Å². The molecule has 4 nitrogen and oxygen atoms in total. The van der Waals surface area contributed by atoms with Crippen LogP contribution in [0.1, 0.15) is 12.0 Å². The molecule has 0 spiro atoms. The third kappa shape index (κ3) is 8.43. The third-order valence-electron chi connectivity index (χ3n) is 2.74. The van der Waals surface area contributed by atoms with Crippen molar-refractivity contribution in [1.82, 2.24) is 10.6 Å². The second-order valence-corrected chi connectivity index (χ2v) is 4.67. The lowest BCUT2D eigenvalue weighted by Crippen LogP contribution is -2.39. The maximum Gasteiger partial charge on any atom is 0.190 e. The molecule has 0 fully saturated rings. The summed E-state index contributed by atoms with van der Waals surface area (Å²) < 4.78 is 17.9. The van der Waals surface area contributed by atoms with Crippen LogP contribution in [0.5, 0.6) is 0 Å². The van der Waals surface area contributed by atoms with Crippen molar-refractivity contribution in [3.05, 3.63) is 34.6 Å². The van der Waals surface area contributed by atoms with Crippen LogP contribution in [-0.2, 0) is 11.2 Å². The molecule has 0 aliphatic heterocycles. The van der Waals surface area contributed by atoms with E-state index in [0.29, 0.717) is 18.0 Å². The van der Waals surface area contributed by atoms with Crippen molar-refractivity contribution < 1.29 is 9.13 Å². The largest absolute Gasteiger partial charge is 0.385 e. The van der Waals surface area contributed by atoms with Crippen LogP contribution in [-0.4, -0.2) is 39.8 Å². The molecule has 0 atom stereocenters. The van der Waals surface area contributed by atoms with Gasteiger partial charge in [0.25, 0.3) is 0 Å². The lowest BCUT2D eigenvalue weighted by Gasteiger charge is -2.12. The van der Waals surface area contributed by atoms with Crippen LogP contribution in [0.4, 0.5) is 4.39 Å². The Labute approximate surface area is 147 Å². The summed E-state index contributed by atoms with van der Waals surface area (Å²) in [6.45, 7) is 2.19. The van der Waals surface area contributed by atoms with Gasteiger partial charge in [-0.3, -0.25) is 4.99 Å². The van der Waals surface area contributed by atoms with Gasteiger partial charge < -0.3 is 15.4 Å². The molecular weight excluding hydrogens is 408 g/mol. The molecule has 2 N–H and O–H groups in total. The van der Waals surface area contributed by atoms with Crippen molar-refractivity contribution in [1.29, 1.82) is 0 Å².